The molecule has 0 saturated heterocycles. The summed E-state index contributed by atoms with van der Waals surface area (Å²) >= 11 is 13.2. The van der Waals surface area contributed by atoms with E-state index in [4.69, 9.17) is 0 Å². The first-order chi connectivity index (χ1) is 21.1. The van der Waals surface area contributed by atoms with Crippen LogP contribution < -0.4 is 20.4 Å². The second kappa shape index (κ2) is 23.9. The molecule has 0 saturated carbocycles. The minimum absolute atomic E-state index is 0. The van der Waals surface area contributed by atoms with Crippen molar-refractivity contribution in [2.24, 2.45) is 20.0 Å². The Hall–Kier alpha value is -2.32. The van der Waals surface area contributed by atoms with Gasteiger partial charge in [0, 0.05) is 42.7 Å². The molecule has 9 nitrogen and oxygen atoms in total. The number of hydrogen-bond donors (Lipinski definition) is 0. The summed E-state index contributed by atoms with van der Waals surface area (Å²) in [7, 11) is 0. The monoisotopic (exact) mass is 972 g/mol. The van der Waals surface area contributed by atoms with Crippen LogP contribution in [0.1, 0.15) is 22.3 Å². The number of rotatable bonds is 10. The molecule has 47 heavy (non-hydrogen) atoms. The van der Waals surface area contributed by atoms with Gasteiger partial charge in [-0.05, 0) is 70.8 Å². The van der Waals surface area contributed by atoms with Gasteiger partial charge >= 0.3 is 34.1 Å². The average Bonchev–Trinajstić information content (AvgIpc) is 2.99. The van der Waals surface area contributed by atoms with E-state index >= 15 is 0 Å². The first kappa shape index (κ1) is 44.7. The van der Waals surface area contributed by atoms with Gasteiger partial charge in [-0.1, -0.05) is 111 Å². The van der Waals surface area contributed by atoms with Gasteiger partial charge in [0.15, 0.2) is 0 Å². The molecule has 4 aromatic rings. The Labute approximate surface area is 327 Å². The number of benzene rings is 4. The van der Waals surface area contributed by atoms with Gasteiger partial charge in [-0.2, -0.15) is 0 Å². The van der Waals surface area contributed by atoms with E-state index in [1.807, 2.05) is 0 Å². The van der Waals surface area contributed by atoms with Crippen molar-refractivity contribution < 1.29 is 60.0 Å². The zero-order chi connectivity index (χ0) is 31.9. The maximum Gasteiger partial charge on any atom is 3.00 e. The largest absolute Gasteiger partial charge is 3.00 e. The van der Waals surface area contributed by atoms with Gasteiger partial charge in [-0.15, -0.1) is 0 Å². The molecular formula is C32H24Br4Fe2N4O5. The smallest absolute Gasteiger partial charge is 2.00 e. The Morgan fingerprint density at radius 2 is 0.596 bits per heavy atom. The molecule has 0 aliphatic heterocycles. The third kappa shape index (κ3) is 16.6. The molecule has 0 bridgehead atoms. The zero-order valence-corrected chi connectivity index (χ0v) is 32.7. The quantitative estimate of drug-likeness (QED) is 0.113. The van der Waals surface area contributed by atoms with E-state index in [2.05, 4.69) is 83.7 Å². The molecule has 0 atom stereocenters. The molecule has 0 unspecified atom stereocenters. The second-order valence-corrected chi connectivity index (χ2v) is 12.5. The molecule has 4 aromatic carbocycles. The molecule has 0 fully saturated rings. The van der Waals surface area contributed by atoms with Crippen LogP contribution in [0.3, 0.4) is 0 Å². The van der Waals surface area contributed by atoms with Crippen LogP contribution in [0.15, 0.2) is 111 Å². The van der Waals surface area contributed by atoms with Crippen molar-refractivity contribution in [2.75, 3.05) is 26.2 Å². The minimum atomic E-state index is -0.0689. The minimum Gasteiger partial charge on any atom is -2.00 e. The molecule has 2 radical (unpaired) electrons. The summed E-state index contributed by atoms with van der Waals surface area (Å²) in [6, 6.07) is 19.6. The standard InChI is InChI=1S/2C16H14Br2N2O2.2Fe.O/c2*17-13-1-3-15(21)11(7-13)9-19-5-6-20-10-12-8-14(18)2-4-16(12)22;;;/h2*1-4,7-10,21-22H,5-6H2;;;/q;;2*+3;-2/p-4. The van der Waals surface area contributed by atoms with E-state index in [-0.39, 0.29) is 62.6 Å². The molecule has 0 aliphatic carbocycles. The number of halogens is 4. The maximum atomic E-state index is 11.6. The molecule has 15 heteroatoms. The normalized spacial score (nSPS) is 10.8. The van der Waals surface area contributed by atoms with E-state index in [9.17, 15) is 20.4 Å². The summed E-state index contributed by atoms with van der Waals surface area (Å²) < 4.78 is 3.35. The van der Waals surface area contributed by atoms with Crippen molar-refractivity contribution in [1.29, 1.82) is 0 Å². The number of aliphatic imine (C=N–C) groups is 4. The Morgan fingerprint density at radius 3 is 0.787 bits per heavy atom. The van der Waals surface area contributed by atoms with Crippen LogP contribution in [0, 0.1) is 0 Å². The topological polar surface area (TPSA) is 170 Å². The molecule has 4 rings (SSSR count). The summed E-state index contributed by atoms with van der Waals surface area (Å²) in [5.41, 5.74) is 2.14. The number of hydrogen-bond acceptors (Lipinski definition) is 8. The molecule has 0 N–H and O–H groups in total. The number of nitrogens with zero attached hydrogens (tertiary/aromatic N) is 4. The molecule has 0 spiro atoms. The Bertz CT molecular complexity index is 1450. The van der Waals surface area contributed by atoms with Gasteiger partial charge in [0.05, 0.1) is 26.2 Å². The molecule has 0 heterocycles. The summed E-state index contributed by atoms with van der Waals surface area (Å²) in [4.78, 5) is 16.7. The van der Waals surface area contributed by atoms with Gasteiger partial charge in [0.1, 0.15) is 0 Å². The zero-order valence-electron chi connectivity index (χ0n) is 24.1. The van der Waals surface area contributed by atoms with Crippen molar-refractivity contribution in [3.8, 4) is 23.0 Å². The van der Waals surface area contributed by atoms with Gasteiger partial charge in [-0.25, -0.2) is 0 Å². The van der Waals surface area contributed by atoms with Crippen LogP contribution in [-0.2, 0) is 39.6 Å². The van der Waals surface area contributed by atoms with Crippen LogP contribution in [0.4, 0.5) is 0 Å². The second-order valence-electron chi connectivity index (χ2n) is 8.87. The SMILES string of the molecule is [Fe+3].[Fe+3].[O-2].[O-]c1ccc(Br)cc1C=NCCN=Cc1cc(Br)ccc1[O-].[O-]c1ccc(Br)cc1C=NCCN=Cc1cc(Br)ccc1[O-]. The summed E-state index contributed by atoms with van der Waals surface area (Å²) in [5.74, 6) is -0.276. The van der Waals surface area contributed by atoms with Crippen molar-refractivity contribution in [2.45, 2.75) is 0 Å². The predicted molar refractivity (Wildman–Crippen MR) is 185 cm³/mol. The van der Waals surface area contributed by atoms with Crippen LogP contribution in [0.5, 0.6) is 23.0 Å². The fraction of sp³-hybridized carbons (Fsp3) is 0.125. The maximum absolute atomic E-state index is 11.6. The first-order valence-electron chi connectivity index (χ1n) is 13.0. The molecular weight excluding hydrogens is 952 g/mol. The van der Waals surface area contributed by atoms with Crippen molar-refractivity contribution in [3.05, 3.63) is 113 Å². The molecule has 0 amide bonds. The fourth-order valence-corrected chi connectivity index (χ4v) is 4.88. The van der Waals surface area contributed by atoms with Crippen LogP contribution in [0.25, 0.3) is 0 Å². The Balaban J connectivity index is 0.000000846. The van der Waals surface area contributed by atoms with Crippen molar-refractivity contribution >= 4 is 88.6 Å². The molecule has 0 aliphatic rings. The van der Waals surface area contributed by atoms with Crippen molar-refractivity contribution in [3.63, 3.8) is 0 Å². The third-order valence-electron chi connectivity index (χ3n) is 5.53. The summed E-state index contributed by atoms with van der Waals surface area (Å²) in [6.07, 6.45) is 6.17. The van der Waals surface area contributed by atoms with E-state index in [0.717, 1.165) is 17.9 Å². The van der Waals surface area contributed by atoms with Crippen LogP contribution >= 0.6 is 63.7 Å². The van der Waals surface area contributed by atoms with E-state index in [1.165, 1.54) is 24.3 Å². The van der Waals surface area contributed by atoms with Crippen LogP contribution in [-0.4, -0.2) is 51.0 Å². The Kier molecular flexibility index (Phi) is 22.7. The Morgan fingerprint density at radius 1 is 0.404 bits per heavy atom. The van der Waals surface area contributed by atoms with E-state index < -0.39 is 0 Å². The van der Waals surface area contributed by atoms with Crippen molar-refractivity contribution in [1.82, 2.24) is 0 Å². The average molecular weight is 976 g/mol. The van der Waals surface area contributed by atoms with Crippen LogP contribution in [0.2, 0.25) is 0 Å². The third-order valence-corrected chi connectivity index (χ3v) is 7.50. The van der Waals surface area contributed by atoms with Gasteiger partial charge in [-0.3, -0.25) is 20.0 Å². The molecule has 246 valence electrons. The van der Waals surface area contributed by atoms with Gasteiger partial charge in [0.2, 0.25) is 0 Å². The van der Waals surface area contributed by atoms with Gasteiger partial charge < -0.3 is 25.9 Å². The van der Waals surface area contributed by atoms with Gasteiger partial charge in [0.25, 0.3) is 0 Å². The summed E-state index contributed by atoms with van der Waals surface area (Å²) in [5, 5.41) is 46.3. The predicted octanol–water partition coefficient (Wildman–Crippen LogP) is 5.67. The van der Waals surface area contributed by atoms with E-state index in [1.54, 1.807) is 73.4 Å². The molecule has 0 aromatic heterocycles. The van der Waals surface area contributed by atoms with E-state index in [0.29, 0.717) is 48.4 Å². The first-order valence-corrected chi connectivity index (χ1v) is 16.1. The fourth-order valence-electron chi connectivity index (χ4n) is 3.36. The summed E-state index contributed by atoms with van der Waals surface area (Å²) in [6.45, 7) is 1.80.